The van der Waals surface area contributed by atoms with Gasteiger partial charge in [0.2, 0.25) is 5.89 Å². The van der Waals surface area contributed by atoms with Crippen LogP contribution in [0.15, 0.2) is 4.42 Å². The van der Waals surface area contributed by atoms with Crippen LogP contribution in [0, 0.1) is 0 Å². The summed E-state index contributed by atoms with van der Waals surface area (Å²) >= 11 is 0. The molecule has 0 unspecified atom stereocenters. The molecule has 1 aromatic heterocycles. The minimum Gasteiger partial charge on any atom is -0.465 e. The van der Waals surface area contributed by atoms with Crippen molar-refractivity contribution in [3.63, 3.8) is 0 Å². The van der Waals surface area contributed by atoms with E-state index in [0.717, 1.165) is 0 Å². The Labute approximate surface area is 101 Å². The number of hydrogen-bond donors (Lipinski definition) is 2. The molecule has 18 heavy (non-hydrogen) atoms. The molecule has 1 aromatic rings. The molecule has 0 atom stereocenters. The van der Waals surface area contributed by atoms with Gasteiger partial charge in [-0.25, -0.2) is 4.79 Å². The molecule has 1 fully saturated rings. The number of amides is 1. The standard InChI is InChI=1S/C10H13F2N3O3/c11-7(12)9-15-14-8(18-9)5-1-3-6(4-2-5)13-10(16)17/h5-7,13H,1-4H2,(H,16,17). The zero-order valence-corrected chi connectivity index (χ0v) is 9.47. The van der Waals surface area contributed by atoms with Gasteiger partial charge in [0.15, 0.2) is 0 Å². The van der Waals surface area contributed by atoms with Crippen molar-refractivity contribution < 1.29 is 23.1 Å². The van der Waals surface area contributed by atoms with E-state index < -0.39 is 18.4 Å². The third-order valence-electron chi connectivity index (χ3n) is 3.05. The number of alkyl halides is 2. The predicted molar refractivity (Wildman–Crippen MR) is 55.4 cm³/mol. The molecule has 0 aliphatic heterocycles. The van der Waals surface area contributed by atoms with Gasteiger partial charge < -0.3 is 14.8 Å². The molecule has 0 saturated heterocycles. The summed E-state index contributed by atoms with van der Waals surface area (Å²) in [6.07, 6.45) is -1.22. The van der Waals surface area contributed by atoms with Crippen molar-refractivity contribution in [2.24, 2.45) is 0 Å². The first-order valence-corrected chi connectivity index (χ1v) is 5.67. The number of carbonyl (C=O) groups is 1. The monoisotopic (exact) mass is 261 g/mol. The minimum atomic E-state index is -2.75. The Hall–Kier alpha value is -1.73. The summed E-state index contributed by atoms with van der Waals surface area (Å²) in [5.41, 5.74) is 0. The predicted octanol–water partition coefficient (Wildman–Crippen LogP) is 2.30. The first-order chi connectivity index (χ1) is 8.56. The molecule has 1 heterocycles. The van der Waals surface area contributed by atoms with E-state index in [1.54, 1.807) is 0 Å². The molecule has 2 rings (SSSR count). The van der Waals surface area contributed by atoms with Gasteiger partial charge in [-0.05, 0) is 25.7 Å². The summed E-state index contributed by atoms with van der Waals surface area (Å²) in [5, 5.41) is 17.9. The Bertz CT molecular complexity index is 416. The van der Waals surface area contributed by atoms with Gasteiger partial charge in [0.05, 0.1) is 0 Å². The minimum absolute atomic E-state index is 0.0585. The number of halogens is 2. The lowest BCUT2D eigenvalue weighted by Crippen LogP contribution is -2.36. The molecule has 100 valence electrons. The second-order valence-electron chi connectivity index (χ2n) is 4.28. The lowest BCUT2D eigenvalue weighted by Gasteiger charge is -2.26. The molecule has 1 aliphatic carbocycles. The highest BCUT2D eigenvalue weighted by atomic mass is 19.3. The average Bonchev–Trinajstić information content (AvgIpc) is 2.78. The summed E-state index contributed by atoms with van der Waals surface area (Å²) in [5.74, 6) is -0.494. The highest BCUT2D eigenvalue weighted by Gasteiger charge is 2.28. The highest BCUT2D eigenvalue weighted by molar-refractivity contribution is 5.64. The maximum absolute atomic E-state index is 12.3. The van der Waals surface area contributed by atoms with Crippen LogP contribution < -0.4 is 5.32 Å². The zero-order chi connectivity index (χ0) is 13.1. The summed E-state index contributed by atoms with van der Waals surface area (Å²) in [4.78, 5) is 10.5. The van der Waals surface area contributed by atoms with Crippen molar-refractivity contribution in [1.82, 2.24) is 15.5 Å². The second kappa shape index (κ2) is 5.28. The van der Waals surface area contributed by atoms with E-state index in [1.807, 2.05) is 0 Å². The van der Waals surface area contributed by atoms with Gasteiger partial charge in [0.25, 0.3) is 5.89 Å². The molecule has 0 spiro atoms. The number of carboxylic acid groups (broad SMARTS) is 1. The molecule has 0 aromatic carbocycles. The Balaban J connectivity index is 1.90. The molecule has 1 aliphatic rings. The van der Waals surface area contributed by atoms with Gasteiger partial charge in [0.1, 0.15) is 0 Å². The van der Waals surface area contributed by atoms with Crippen LogP contribution in [0.4, 0.5) is 13.6 Å². The number of rotatable bonds is 3. The van der Waals surface area contributed by atoms with Gasteiger partial charge in [-0.2, -0.15) is 8.78 Å². The average molecular weight is 261 g/mol. The smallest absolute Gasteiger partial charge is 0.404 e. The molecule has 8 heteroatoms. The quantitative estimate of drug-likeness (QED) is 0.871. The molecule has 0 bridgehead atoms. The maximum Gasteiger partial charge on any atom is 0.404 e. The zero-order valence-electron chi connectivity index (χ0n) is 9.47. The lowest BCUT2D eigenvalue weighted by molar-refractivity contribution is 0.111. The van der Waals surface area contributed by atoms with E-state index in [0.29, 0.717) is 25.7 Å². The first-order valence-electron chi connectivity index (χ1n) is 5.67. The van der Waals surface area contributed by atoms with E-state index in [4.69, 9.17) is 9.52 Å². The van der Waals surface area contributed by atoms with Gasteiger partial charge in [-0.3, -0.25) is 0 Å². The van der Waals surface area contributed by atoms with Gasteiger partial charge in [-0.1, -0.05) is 0 Å². The summed E-state index contributed by atoms with van der Waals surface area (Å²) in [7, 11) is 0. The van der Waals surface area contributed by atoms with Crippen LogP contribution in [0.1, 0.15) is 49.8 Å². The second-order valence-corrected chi connectivity index (χ2v) is 4.28. The topological polar surface area (TPSA) is 88.2 Å². The van der Waals surface area contributed by atoms with Crippen LogP contribution >= 0.6 is 0 Å². The fourth-order valence-corrected chi connectivity index (χ4v) is 2.16. The van der Waals surface area contributed by atoms with E-state index >= 15 is 0 Å². The molecule has 1 amide bonds. The van der Waals surface area contributed by atoms with Gasteiger partial charge in [0, 0.05) is 12.0 Å². The molecule has 1 saturated carbocycles. The van der Waals surface area contributed by atoms with Crippen LogP contribution in [0.25, 0.3) is 0 Å². The normalized spacial score (nSPS) is 24.2. The summed E-state index contributed by atoms with van der Waals surface area (Å²) < 4.78 is 29.5. The van der Waals surface area contributed by atoms with E-state index in [1.165, 1.54) is 0 Å². The van der Waals surface area contributed by atoms with Gasteiger partial charge in [-0.15, -0.1) is 10.2 Å². The van der Waals surface area contributed by atoms with E-state index in [2.05, 4.69) is 15.5 Å². The maximum atomic E-state index is 12.3. The van der Waals surface area contributed by atoms with Crippen LogP contribution in [-0.2, 0) is 0 Å². The molecule has 2 N–H and O–H groups in total. The Morgan fingerprint density at radius 1 is 1.33 bits per heavy atom. The van der Waals surface area contributed by atoms with Crippen molar-refractivity contribution in [1.29, 1.82) is 0 Å². The number of hydrogen-bond acceptors (Lipinski definition) is 4. The van der Waals surface area contributed by atoms with Crippen LogP contribution in [0.5, 0.6) is 0 Å². The van der Waals surface area contributed by atoms with Crippen molar-refractivity contribution in [3.05, 3.63) is 11.8 Å². The SMILES string of the molecule is O=C(O)NC1CCC(c2nnc(C(F)F)o2)CC1. The van der Waals surface area contributed by atoms with E-state index in [9.17, 15) is 13.6 Å². The number of nitrogens with zero attached hydrogens (tertiary/aromatic N) is 2. The van der Waals surface area contributed by atoms with Crippen LogP contribution in [0.3, 0.4) is 0 Å². The third kappa shape index (κ3) is 2.93. The Morgan fingerprint density at radius 3 is 2.50 bits per heavy atom. The highest BCUT2D eigenvalue weighted by Crippen LogP contribution is 2.33. The lowest BCUT2D eigenvalue weighted by atomic mass is 9.86. The summed E-state index contributed by atoms with van der Waals surface area (Å²) in [6.45, 7) is 0. The van der Waals surface area contributed by atoms with E-state index in [-0.39, 0.29) is 17.9 Å². The van der Waals surface area contributed by atoms with Gasteiger partial charge >= 0.3 is 12.5 Å². The summed E-state index contributed by atoms with van der Waals surface area (Å²) in [6, 6.07) is -0.0868. The molecular weight excluding hydrogens is 248 g/mol. The first kappa shape index (κ1) is 12.7. The van der Waals surface area contributed by atoms with Crippen molar-refractivity contribution in [3.8, 4) is 0 Å². The van der Waals surface area contributed by atoms with Crippen LogP contribution in [-0.4, -0.2) is 27.4 Å². The molecule has 0 radical (unpaired) electrons. The molecule has 6 nitrogen and oxygen atoms in total. The van der Waals surface area contributed by atoms with Crippen LogP contribution in [0.2, 0.25) is 0 Å². The van der Waals surface area contributed by atoms with Crippen molar-refractivity contribution >= 4 is 6.09 Å². The van der Waals surface area contributed by atoms with Crippen molar-refractivity contribution in [2.45, 2.75) is 44.1 Å². The molecular formula is C10H13F2N3O3. The Morgan fingerprint density at radius 2 is 2.00 bits per heavy atom. The largest absolute Gasteiger partial charge is 0.465 e. The fraction of sp³-hybridized carbons (Fsp3) is 0.700. The number of nitrogens with one attached hydrogen (secondary N) is 1. The van der Waals surface area contributed by atoms with Crippen molar-refractivity contribution in [2.75, 3.05) is 0 Å². The Kier molecular flexibility index (Phi) is 3.73. The third-order valence-corrected chi connectivity index (χ3v) is 3.05. The fourth-order valence-electron chi connectivity index (χ4n) is 2.16. The number of aromatic nitrogens is 2.